The third-order valence-electron chi connectivity index (χ3n) is 3.01. The topological polar surface area (TPSA) is 67.5 Å². The van der Waals surface area contributed by atoms with Crippen LogP contribution in [0.3, 0.4) is 0 Å². The molecule has 2 rings (SSSR count). The number of carbonyl (C=O) groups excluding carboxylic acids is 1. The molecule has 0 unspecified atom stereocenters. The molecule has 0 aliphatic carbocycles. The molecule has 0 saturated carbocycles. The van der Waals surface area contributed by atoms with Crippen LogP contribution in [0.5, 0.6) is 0 Å². The SMILES string of the molecule is Cc1ccc(C)c(/C=N\NC(=O)c2ccccc2N)c1. The number of hydrogen-bond donors (Lipinski definition) is 2. The van der Waals surface area contributed by atoms with E-state index in [4.69, 9.17) is 5.73 Å². The third-order valence-corrected chi connectivity index (χ3v) is 3.01. The first-order valence-corrected chi connectivity index (χ1v) is 6.33. The molecule has 0 saturated heterocycles. The van der Waals surface area contributed by atoms with Crippen LogP contribution in [0, 0.1) is 13.8 Å². The first kappa shape index (κ1) is 13.8. The van der Waals surface area contributed by atoms with Gasteiger partial charge in [-0.25, -0.2) is 5.43 Å². The number of anilines is 1. The van der Waals surface area contributed by atoms with Crippen LogP contribution in [-0.4, -0.2) is 12.1 Å². The Bertz CT molecular complexity index is 663. The minimum Gasteiger partial charge on any atom is -0.398 e. The normalized spacial score (nSPS) is 10.7. The molecule has 1 amide bonds. The quantitative estimate of drug-likeness (QED) is 0.510. The summed E-state index contributed by atoms with van der Waals surface area (Å²) in [5, 5.41) is 3.98. The molecule has 0 aliphatic heterocycles. The van der Waals surface area contributed by atoms with Crippen LogP contribution < -0.4 is 11.2 Å². The maximum Gasteiger partial charge on any atom is 0.273 e. The molecule has 4 nitrogen and oxygen atoms in total. The van der Waals surface area contributed by atoms with Crippen LogP contribution in [0.15, 0.2) is 47.6 Å². The number of rotatable bonds is 3. The Labute approximate surface area is 118 Å². The number of hydrogen-bond acceptors (Lipinski definition) is 3. The summed E-state index contributed by atoms with van der Waals surface area (Å²) in [6.45, 7) is 4.01. The number of aryl methyl sites for hydroxylation is 2. The van der Waals surface area contributed by atoms with Gasteiger partial charge in [-0.15, -0.1) is 0 Å². The van der Waals surface area contributed by atoms with Gasteiger partial charge in [-0.3, -0.25) is 4.79 Å². The van der Waals surface area contributed by atoms with Crippen LogP contribution in [0.1, 0.15) is 27.0 Å². The Hall–Kier alpha value is -2.62. The maximum absolute atomic E-state index is 11.9. The van der Waals surface area contributed by atoms with Gasteiger partial charge in [0.15, 0.2) is 0 Å². The number of para-hydroxylation sites is 1. The van der Waals surface area contributed by atoms with Gasteiger partial charge in [-0.1, -0.05) is 35.9 Å². The molecule has 2 aromatic carbocycles. The van der Waals surface area contributed by atoms with E-state index in [0.717, 1.165) is 16.7 Å². The van der Waals surface area contributed by atoms with Crippen LogP contribution in [0.2, 0.25) is 0 Å². The van der Waals surface area contributed by atoms with Crippen molar-refractivity contribution < 1.29 is 4.79 Å². The number of nitrogens with one attached hydrogen (secondary N) is 1. The van der Waals surface area contributed by atoms with E-state index in [-0.39, 0.29) is 5.91 Å². The van der Waals surface area contributed by atoms with E-state index >= 15 is 0 Å². The highest BCUT2D eigenvalue weighted by Crippen LogP contribution is 2.10. The Morgan fingerprint density at radius 3 is 2.70 bits per heavy atom. The predicted molar refractivity (Wildman–Crippen MR) is 81.8 cm³/mol. The van der Waals surface area contributed by atoms with Gasteiger partial charge in [-0.05, 0) is 37.1 Å². The van der Waals surface area contributed by atoms with Crippen LogP contribution >= 0.6 is 0 Å². The van der Waals surface area contributed by atoms with Crippen molar-refractivity contribution >= 4 is 17.8 Å². The zero-order valence-electron chi connectivity index (χ0n) is 11.6. The second-order valence-electron chi connectivity index (χ2n) is 4.65. The fourth-order valence-electron chi connectivity index (χ4n) is 1.82. The third kappa shape index (κ3) is 3.23. The van der Waals surface area contributed by atoms with Crippen molar-refractivity contribution in [2.45, 2.75) is 13.8 Å². The summed E-state index contributed by atoms with van der Waals surface area (Å²) in [5.74, 6) is -0.315. The van der Waals surface area contributed by atoms with Crippen molar-refractivity contribution in [3.63, 3.8) is 0 Å². The second-order valence-corrected chi connectivity index (χ2v) is 4.65. The number of benzene rings is 2. The minimum absolute atomic E-state index is 0.315. The lowest BCUT2D eigenvalue weighted by Crippen LogP contribution is -2.19. The molecule has 0 aromatic heterocycles. The van der Waals surface area contributed by atoms with E-state index in [1.165, 1.54) is 0 Å². The summed E-state index contributed by atoms with van der Waals surface area (Å²) >= 11 is 0. The van der Waals surface area contributed by atoms with E-state index in [1.807, 2.05) is 32.0 Å². The van der Waals surface area contributed by atoms with Gasteiger partial charge in [0.2, 0.25) is 0 Å². The lowest BCUT2D eigenvalue weighted by atomic mass is 10.1. The predicted octanol–water partition coefficient (Wildman–Crippen LogP) is 2.65. The molecule has 20 heavy (non-hydrogen) atoms. The fraction of sp³-hybridized carbons (Fsp3) is 0.125. The Morgan fingerprint density at radius 2 is 1.95 bits per heavy atom. The molecular formula is C16H17N3O. The molecular weight excluding hydrogens is 250 g/mol. The Morgan fingerprint density at radius 1 is 1.20 bits per heavy atom. The van der Waals surface area contributed by atoms with E-state index in [2.05, 4.69) is 10.5 Å². The zero-order chi connectivity index (χ0) is 14.5. The van der Waals surface area contributed by atoms with Crippen molar-refractivity contribution in [2.75, 3.05) is 5.73 Å². The molecule has 102 valence electrons. The van der Waals surface area contributed by atoms with Gasteiger partial charge >= 0.3 is 0 Å². The summed E-state index contributed by atoms with van der Waals surface area (Å²) in [7, 11) is 0. The van der Waals surface area contributed by atoms with E-state index < -0.39 is 0 Å². The van der Waals surface area contributed by atoms with E-state index in [9.17, 15) is 4.79 Å². The average Bonchev–Trinajstić information content (AvgIpc) is 2.43. The second kappa shape index (κ2) is 6.02. The number of carbonyl (C=O) groups is 1. The van der Waals surface area contributed by atoms with Gasteiger partial charge in [0.1, 0.15) is 0 Å². The lowest BCUT2D eigenvalue weighted by Gasteiger charge is -2.04. The number of amides is 1. The molecule has 0 heterocycles. The van der Waals surface area contributed by atoms with Gasteiger partial charge in [0, 0.05) is 5.69 Å². The van der Waals surface area contributed by atoms with Crippen molar-refractivity contribution in [1.29, 1.82) is 0 Å². The molecule has 0 radical (unpaired) electrons. The van der Waals surface area contributed by atoms with Crippen molar-refractivity contribution in [1.82, 2.24) is 5.43 Å². The molecule has 0 bridgehead atoms. The molecule has 0 aliphatic rings. The molecule has 0 atom stereocenters. The minimum atomic E-state index is -0.315. The molecule has 0 fully saturated rings. The van der Waals surface area contributed by atoms with Crippen molar-refractivity contribution in [3.8, 4) is 0 Å². The van der Waals surface area contributed by atoms with E-state index in [1.54, 1.807) is 30.5 Å². The Balaban J connectivity index is 2.09. The van der Waals surface area contributed by atoms with Crippen LogP contribution in [0.4, 0.5) is 5.69 Å². The summed E-state index contributed by atoms with van der Waals surface area (Å²) in [5.41, 5.74) is 12.3. The molecule has 4 heteroatoms. The average molecular weight is 267 g/mol. The Kier molecular flexibility index (Phi) is 4.15. The van der Waals surface area contributed by atoms with Crippen molar-refractivity contribution in [2.24, 2.45) is 5.10 Å². The summed E-state index contributed by atoms with van der Waals surface area (Å²) in [6, 6.07) is 13.0. The number of hydrazone groups is 1. The van der Waals surface area contributed by atoms with Gasteiger partial charge < -0.3 is 5.73 Å². The van der Waals surface area contributed by atoms with Crippen molar-refractivity contribution in [3.05, 3.63) is 64.7 Å². The number of nitrogens with zero attached hydrogens (tertiary/aromatic N) is 1. The zero-order valence-corrected chi connectivity index (χ0v) is 11.6. The summed E-state index contributed by atoms with van der Waals surface area (Å²) in [4.78, 5) is 11.9. The van der Waals surface area contributed by atoms with Gasteiger partial charge in [0.25, 0.3) is 5.91 Å². The summed E-state index contributed by atoms with van der Waals surface area (Å²) in [6.07, 6.45) is 1.64. The first-order chi connectivity index (χ1) is 9.58. The van der Waals surface area contributed by atoms with Crippen LogP contribution in [-0.2, 0) is 0 Å². The van der Waals surface area contributed by atoms with Gasteiger partial charge in [0.05, 0.1) is 11.8 Å². The molecule has 2 aromatic rings. The molecule has 0 spiro atoms. The largest absolute Gasteiger partial charge is 0.398 e. The number of nitrogens with two attached hydrogens (primary N) is 1. The highest BCUT2D eigenvalue weighted by atomic mass is 16.2. The first-order valence-electron chi connectivity index (χ1n) is 6.33. The number of nitrogen functional groups attached to an aromatic ring is 1. The lowest BCUT2D eigenvalue weighted by molar-refractivity contribution is 0.0956. The van der Waals surface area contributed by atoms with E-state index in [0.29, 0.717) is 11.3 Å². The fourth-order valence-corrected chi connectivity index (χ4v) is 1.82. The van der Waals surface area contributed by atoms with Gasteiger partial charge in [-0.2, -0.15) is 5.10 Å². The maximum atomic E-state index is 11.9. The summed E-state index contributed by atoms with van der Waals surface area (Å²) < 4.78 is 0. The smallest absolute Gasteiger partial charge is 0.273 e. The highest BCUT2D eigenvalue weighted by Gasteiger charge is 2.06. The highest BCUT2D eigenvalue weighted by molar-refractivity contribution is 5.99. The molecule has 3 N–H and O–H groups in total. The monoisotopic (exact) mass is 267 g/mol. The standard InChI is InChI=1S/C16H17N3O/c1-11-7-8-12(2)13(9-11)10-18-19-16(20)14-5-3-4-6-15(14)17/h3-10H,17H2,1-2H3,(H,19,20)/b18-10-. The van der Waals surface area contributed by atoms with Crippen LogP contribution in [0.25, 0.3) is 0 Å².